The molecule has 116 valence electrons. The van der Waals surface area contributed by atoms with Gasteiger partial charge in [0.15, 0.2) is 0 Å². The maximum absolute atomic E-state index is 12.7. The molecule has 0 aliphatic carbocycles. The van der Waals surface area contributed by atoms with E-state index in [0.717, 1.165) is 5.56 Å². The van der Waals surface area contributed by atoms with Crippen LogP contribution in [0.25, 0.3) is 11.8 Å². The van der Waals surface area contributed by atoms with Crippen molar-refractivity contribution in [3.05, 3.63) is 46.5 Å². The zero-order valence-electron chi connectivity index (χ0n) is 12.4. The van der Waals surface area contributed by atoms with Gasteiger partial charge in [-0.1, -0.05) is 29.3 Å². The third-order valence-corrected chi connectivity index (χ3v) is 3.94. The molecule has 0 spiro atoms. The van der Waals surface area contributed by atoms with Gasteiger partial charge in [-0.2, -0.15) is 5.10 Å². The molecule has 1 aromatic heterocycles. The van der Waals surface area contributed by atoms with Crippen molar-refractivity contribution in [2.75, 3.05) is 7.11 Å². The summed E-state index contributed by atoms with van der Waals surface area (Å²) >= 11 is 11.9. The van der Waals surface area contributed by atoms with Crippen molar-refractivity contribution in [1.29, 1.82) is 0 Å². The van der Waals surface area contributed by atoms with Gasteiger partial charge in [0.05, 0.1) is 10.0 Å². The Kier molecular flexibility index (Phi) is 5.01. The molecular formula is C15H15Cl2N3O2. The average molecular weight is 340 g/mol. The van der Waals surface area contributed by atoms with Crippen molar-refractivity contribution in [2.24, 2.45) is 0 Å². The van der Waals surface area contributed by atoms with Gasteiger partial charge in [0.2, 0.25) is 5.78 Å². The van der Waals surface area contributed by atoms with Crippen molar-refractivity contribution in [3.8, 4) is 0 Å². The van der Waals surface area contributed by atoms with Crippen LogP contribution in [0.5, 0.6) is 0 Å². The number of halogens is 2. The van der Waals surface area contributed by atoms with Crippen molar-refractivity contribution in [2.45, 2.75) is 19.4 Å². The molecule has 1 aromatic carbocycles. The minimum absolute atomic E-state index is 0.230. The third kappa shape index (κ3) is 3.55. The van der Waals surface area contributed by atoms with Gasteiger partial charge in [-0.15, -0.1) is 0 Å². The highest BCUT2D eigenvalue weighted by Gasteiger charge is 2.31. The molecule has 2 aromatic rings. The molecular weight excluding hydrogens is 325 g/mol. The Balaban J connectivity index is 2.51. The van der Waals surface area contributed by atoms with Crippen molar-refractivity contribution in [3.63, 3.8) is 0 Å². The topological polar surface area (TPSA) is 57.0 Å². The zero-order valence-corrected chi connectivity index (χ0v) is 13.9. The fourth-order valence-electron chi connectivity index (χ4n) is 1.73. The Bertz CT molecular complexity index is 710. The van der Waals surface area contributed by atoms with Gasteiger partial charge in [0.25, 0.3) is 0 Å². The van der Waals surface area contributed by atoms with Crippen LogP contribution in [0.4, 0.5) is 0 Å². The number of ketones is 1. The molecule has 0 fully saturated rings. The van der Waals surface area contributed by atoms with E-state index < -0.39 is 5.60 Å². The number of Topliss-reactive ketones (excluding diaryl/α,β-unsaturated/α-hetero) is 1. The second-order valence-electron chi connectivity index (χ2n) is 5.09. The lowest BCUT2D eigenvalue weighted by molar-refractivity contribution is -0.131. The molecule has 0 saturated carbocycles. The third-order valence-electron chi connectivity index (χ3n) is 3.20. The highest BCUT2D eigenvalue weighted by Crippen LogP contribution is 2.26. The molecule has 0 atom stereocenters. The van der Waals surface area contributed by atoms with E-state index in [2.05, 4.69) is 10.1 Å². The lowest BCUT2D eigenvalue weighted by Crippen LogP contribution is -2.35. The Morgan fingerprint density at radius 2 is 2.05 bits per heavy atom. The van der Waals surface area contributed by atoms with Crippen LogP contribution >= 0.6 is 23.2 Å². The molecule has 2 rings (SSSR count). The van der Waals surface area contributed by atoms with Gasteiger partial charge < -0.3 is 4.74 Å². The van der Waals surface area contributed by atoms with Crippen LogP contribution in [0.3, 0.4) is 0 Å². The maximum atomic E-state index is 12.7. The molecule has 0 N–H and O–H groups in total. The van der Waals surface area contributed by atoms with Crippen molar-refractivity contribution < 1.29 is 9.53 Å². The number of carbonyl (C=O) groups is 1. The smallest absolute Gasteiger partial charge is 0.212 e. The van der Waals surface area contributed by atoms with Gasteiger partial charge in [0.1, 0.15) is 24.0 Å². The Morgan fingerprint density at radius 1 is 1.32 bits per heavy atom. The standard InChI is InChI=1S/C15H15Cl2N3O2/c1-15(2,22-3)14(21)13(20-9-18-8-19-20)7-10-4-5-11(16)12(17)6-10/h4-9H,1-3H3. The first-order valence-corrected chi connectivity index (χ1v) is 7.22. The molecule has 1 heterocycles. The van der Waals surface area contributed by atoms with Crippen LogP contribution in [-0.2, 0) is 9.53 Å². The van der Waals surface area contributed by atoms with E-state index in [1.54, 1.807) is 38.1 Å². The fraction of sp³-hybridized carbons (Fsp3) is 0.267. The predicted molar refractivity (Wildman–Crippen MR) is 86.7 cm³/mol. The van der Waals surface area contributed by atoms with Crippen LogP contribution in [0.1, 0.15) is 19.4 Å². The molecule has 0 saturated heterocycles. The molecule has 0 aliphatic rings. The summed E-state index contributed by atoms with van der Waals surface area (Å²) in [5, 5.41) is 4.88. The van der Waals surface area contributed by atoms with E-state index in [1.165, 1.54) is 24.4 Å². The monoisotopic (exact) mass is 339 g/mol. The number of aromatic nitrogens is 3. The first kappa shape index (κ1) is 16.7. The van der Waals surface area contributed by atoms with Gasteiger partial charge in [-0.25, -0.2) is 9.67 Å². The zero-order chi connectivity index (χ0) is 16.3. The number of rotatable bonds is 5. The molecule has 5 nitrogen and oxygen atoms in total. The van der Waals surface area contributed by atoms with E-state index in [4.69, 9.17) is 27.9 Å². The maximum Gasteiger partial charge on any atom is 0.212 e. The second kappa shape index (κ2) is 6.60. The second-order valence-corrected chi connectivity index (χ2v) is 5.90. The summed E-state index contributed by atoms with van der Waals surface area (Å²) in [6.07, 6.45) is 4.47. The normalized spacial score (nSPS) is 12.5. The summed E-state index contributed by atoms with van der Waals surface area (Å²) in [5.41, 5.74) is 0.0523. The minimum Gasteiger partial charge on any atom is -0.371 e. The number of hydrogen-bond acceptors (Lipinski definition) is 4. The number of ether oxygens (including phenoxy) is 1. The number of nitrogens with zero attached hydrogens (tertiary/aromatic N) is 3. The van der Waals surface area contributed by atoms with Gasteiger partial charge in [0, 0.05) is 7.11 Å². The van der Waals surface area contributed by atoms with Crippen LogP contribution in [0, 0.1) is 0 Å². The highest BCUT2D eigenvalue weighted by molar-refractivity contribution is 6.42. The van der Waals surface area contributed by atoms with Crippen molar-refractivity contribution >= 4 is 40.8 Å². The number of benzene rings is 1. The molecule has 0 radical (unpaired) electrons. The van der Waals surface area contributed by atoms with E-state index >= 15 is 0 Å². The quantitative estimate of drug-likeness (QED) is 0.781. The highest BCUT2D eigenvalue weighted by atomic mass is 35.5. The van der Waals surface area contributed by atoms with Gasteiger partial charge in [-0.3, -0.25) is 4.79 Å². The minimum atomic E-state index is -0.992. The summed E-state index contributed by atoms with van der Waals surface area (Å²) in [5.74, 6) is -0.230. The lowest BCUT2D eigenvalue weighted by Gasteiger charge is -2.22. The van der Waals surface area contributed by atoms with Crippen molar-refractivity contribution in [1.82, 2.24) is 14.8 Å². The molecule has 0 bridgehead atoms. The van der Waals surface area contributed by atoms with Crippen LogP contribution < -0.4 is 0 Å². The SMILES string of the molecule is COC(C)(C)C(=O)C(=Cc1ccc(Cl)c(Cl)c1)n1cncn1. The number of methoxy groups -OCH3 is 1. The number of carbonyl (C=O) groups excluding carboxylic acids is 1. The van der Waals surface area contributed by atoms with E-state index in [-0.39, 0.29) is 5.78 Å². The summed E-state index contributed by atoms with van der Waals surface area (Å²) in [7, 11) is 1.48. The number of hydrogen-bond donors (Lipinski definition) is 0. The Hall–Kier alpha value is -1.69. The Labute approximate surface area is 138 Å². The Morgan fingerprint density at radius 3 is 2.59 bits per heavy atom. The molecule has 0 amide bonds. The summed E-state index contributed by atoms with van der Waals surface area (Å²) in [4.78, 5) is 16.6. The summed E-state index contributed by atoms with van der Waals surface area (Å²) < 4.78 is 6.65. The first-order chi connectivity index (χ1) is 10.3. The average Bonchev–Trinajstić information content (AvgIpc) is 3.01. The van der Waals surface area contributed by atoms with Crippen LogP contribution in [0.2, 0.25) is 10.0 Å². The lowest BCUT2D eigenvalue weighted by atomic mass is 9.99. The largest absolute Gasteiger partial charge is 0.371 e. The van der Waals surface area contributed by atoms with E-state index in [0.29, 0.717) is 15.7 Å². The fourth-order valence-corrected chi connectivity index (χ4v) is 2.04. The van der Waals surface area contributed by atoms with E-state index in [1.807, 2.05) is 0 Å². The summed E-state index contributed by atoms with van der Waals surface area (Å²) in [6, 6.07) is 5.10. The van der Waals surface area contributed by atoms with E-state index in [9.17, 15) is 4.79 Å². The van der Waals surface area contributed by atoms with Crippen LogP contribution in [-0.4, -0.2) is 33.3 Å². The van der Waals surface area contributed by atoms with Gasteiger partial charge in [-0.05, 0) is 37.6 Å². The molecule has 0 unspecified atom stereocenters. The predicted octanol–water partition coefficient (Wildman–Crippen LogP) is 3.58. The van der Waals surface area contributed by atoms with Crippen LogP contribution in [0.15, 0.2) is 30.9 Å². The molecule has 7 heteroatoms. The molecule has 0 aliphatic heterocycles. The first-order valence-electron chi connectivity index (χ1n) is 6.47. The molecule has 22 heavy (non-hydrogen) atoms. The summed E-state index contributed by atoms with van der Waals surface area (Å²) in [6.45, 7) is 3.38. The van der Waals surface area contributed by atoms with Gasteiger partial charge >= 0.3 is 0 Å².